The Morgan fingerprint density at radius 3 is 2.61 bits per heavy atom. The van der Waals surface area contributed by atoms with Crippen LogP contribution in [0.3, 0.4) is 0 Å². The van der Waals surface area contributed by atoms with Gasteiger partial charge in [-0.15, -0.1) is 0 Å². The van der Waals surface area contributed by atoms with Crippen molar-refractivity contribution >= 4 is 17.3 Å². The fraction of sp³-hybridized carbons (Fsp3) is 0.227. The van der Waals surface area contributed by atoms with Crippen molar-refractivity contribution in [1.29, 1.82) is 0 Å². The molecule has 144 valence electrons. The number of hydrogen-bond acceptors (Lipinski definition) is 5. The van der Waals surface area contributed by atoms with Gasteiger partial charge >= 0.3 is 0 Å². The average Bonchev–Trinajstić information content (AvgIpc) is 2.73. The SMILES string of the molecule is CCCN(CC)c1ccc(C(=O)Nc2cccc(Oc3cnccn3)c2)cc1. The van der Waals surface area contributed by atoms with Crippen LogP contribution in [0.2, 0.25) is 0 Å². The van der Waals surface area contributed by atoms with Gasteiger partial charge in [-0.1, -0.05) is 13.0 Å². The number of aromatic nitrogens is 2. The molecular weight excluding hydrogens is 352 g/mol. The molecule has 1 aromatic heterocycles. The molecule has 6 nitrogen and oxygen atoms in total. The molecule has 0 radical (unpaired) electrons. The quantitative estimate of drug-likeness (QED) is 0.614. The van der Waals surface area contributed by atoms with Crippen molar-refractivity contribution in [2.75, 3.05) is 23.3 Å². The highest BCUT2D eigenvalue weighted by atomic mass is 16.5. The third kappa shape index (κ3) is 5.07. The number of carbonyl (C=O) groups is 1. The molecule has 0 aliphatic carbocycles. The third-order valence-electron chi connectivity index (χ3n) is 4.22. The number of carbonyl (C=O) groups excluding carboxylic acids is 1. The molecule has 28 heavy (non-hydrogen) atoms. The van der Waals surface area contributed by atoms with Crippen molar-refractivity contribution in [3.63, 3.8) is 0 Å². The monoisotopic (exact) mass is 376 g/mol. The lowest BCUT2D eigenvalue weighted by Gasteiger charge is -2.22. The summed E-state index contributed by atoms with van der Waals surface area (Å²) in [6.45, 7) is 6.23. The molecule has 0 saturated carbocycles. The van der Waals surface area contributed by atoms with Gasteiger partial charge < -0.3 is 15.0 Å². The molecular formula is C22H24N4O2. The van der Waals surface area contributed by atoms with E-state index in [9.17, 15) is 4.79 Å². The maximum Gasteiger partial charge on any atom is 0.255 e. The number of hydrogen-bond donors (Lipinski definition) is 1. The first-order chi connectivity index (χ1) is 13.7. The van der Waals surface area contributed by atoms with E-state index in [4.69, 9.17) is 4.74 Å². The summed E-state index contributed by atoms with van der Waals surface area (Å²) >= 11 is 0. The highest BCUT2D eigenvalue weighted by Gasteiger charge is 2.09. The van der Waals surface area contributed by atoms with E-state index in [0.717, 1.165) is 25.2 Å². The minimum atomic E-state index is -0.165. The Hall–Kier alpha value is -3.41. The number of amides is 1. The molecule has 0 spiro atoms. The second-order valence-electron chi connectivity index (χ2n) is 6.25. The van der Waals surface area contributed by atoms with Crippen LogP contribution in [-0.2, 0) is 0 Å². The van der Waals surface area contributed by atoms with E-state index in [1.807, 2.05) is 36.4 Å². The van der Waals surface area contributed by atoms with Gasteiger partial charge in [0.2, 0.25) is 5.88 Å². The number of ether oxygens (including phenoxy) is 1. The maximum atomic E-state index is 12.6. The average molecular weight is 376 g/mol. The zero-order valence-corrected chi connectivity index (χ0v) is 16.1. The van der Waals surface area contributed by atoms with Crippen LogP contribution in [-0.4, -0.2) is 29.0 Å². The predicted molar refractivity (Wildman–Crippen MR) is 111 cm³/mol. The van der Waals surface area contributed by atoms with Crippen molar-refractivity contribution in [3.05, 3.63) is 72.7 Å². The van der Waals surface area contributed by atoms with E-state index in [1.54, 1.807) is 24.5 Å². The number of nitrogens with zero attached hydrogens (tertiary/aromatic N) is 3. The fourth-order valence-electron chi connectivity index (χ4n) is 2.86. The number of anilines is 2. The summed E-state index contributed by atoms with van der Waals surface area (Å²) in [5.41, 5.74) is 2.38. The Bertz CT molecular complexity index is 898. The molecule has 0 atom stereocenters. The first-order valence-corrected chi connectivity index (χ1v) is 9.40. The first-order valence-electron chi connectivity index (χ1n) is 9.40. The van der Waals surface area contributed by atoms with E-state index in [0.29, 0.717) is 22.9 Å². The molecule has 0 fully saturated rings. The summed E-state index contributed by atoms with van der Waals surface area (Å²) in [5, 5.41) is 2.90. The molecule has 0 unspecified atom stereocenters. The van der Waals surface area contributed by atoms with E-state index in [1.165, 1.54) is 6.20 Å². The van der Waals surface area contributed by atoms with E-state index < -0.39 is 0 Å². The molecule has 1 amide bonds. The van der Waals surface area contributed by atoms with Crippen LogP contribution in [0.4, 0.5) is 11.4 Å². The lowest BCUT2D eigenvalue weighted by atomic mass is 10.1. The van der Waals surface area contributed by atoms with Crippen LogP contribution in [0, 0.1) is 0 Å². The molecule has 0 bridgehead atoms. The molecule has 3 aromatic rings. The van der Waals surface area contributed by atoms with Crippen LogP contribution in [0.25, 0.3) is 0 Å². The van der Waals surface area contributed by atoms with E-state index in [-0.39, 0.29) is 5.91 Å². The topological polar surface area (TPSA) is 67.4 Å². The fourth-order valence-corrected chi connectivity index (χ4v) is 2.86. The van der Waals surface area contributed by atoms with Gasteiger partial charge in [-0.3, -0.25) is 9.78 Å². The standard InChI is InChI=1S/C22H24N4O2/c1-3-14-26(4-2)19-10-8-17(9-11-19)22(27)25-18-6-5-7-20(15-18)28-21-16-23-12-13-24-21/h5-13,15-16H,3-4,14H2,1-2H3,(H,25,27). The highest BCUT2D eigenvalue weighted by Crippen LogP contribution is 2.23. The maximum absolute atomic E-state index is 12.6. The Morgan fingerprint density at radius 1 is 1.11 bits per heavy atom. The summed E-state index contributed by atoms with van der Waals surface area (Å²) in [7, 11) is 0. The van der Waals surface area contributed by atoms with Crippen molar-refractivity contribution in [2.24, 2.45) is 0 Å². The smallest absolute Gasteiger partial charge is 0.255 e. The van der Waals surface area contributed by atoms with Crippen LogP contribution < -0.4 is 15.0 Å². The predicted octanol–water partition coefficient (Wildman–Crippen LogP) is 4.76. The van der Waals surface area contributed by atoms with Gasteiger partial charge in [0, 0.05) is 48.5 Å². The number of benzene rings is 2. The van der Waals surface area contributed by atoms with Gasteiger partial charge in [0.25, 0.3) is 5.91 Å². The number of rotatable bonds is 8. The summed E-state index contributed by atoms with van der Waals surface area (Å²) in [6.07, 6.45) is 5.76. The molecule has 6 heteroatoms. The molecule has 0 saturated heterocycles. The minimum Gasteiger partial charge on any atom is -0.437 e. The lowest BCUT2D eigenvalue weighted by molar-refractivity contribution is 0.102. The van der Waals surface area contributed by atoms with Gasteiger partial charge in [-0.2, -0.15) is 0 Å². The largest absolute Gasteiger partial charge is 0.437 e. The van der Waals surface area contributed by atoms with Gasteiger partial charge in [0.15, 0.2) is 0 Å². The van der Waals surface area contributed by atoms with Gasteiger partial charge in [-0.25, -0.2) is 4.98 Å². The lowest BCUT2D eigenvalue weighted by Crippen LogP contribution is -2.23. The molecule has 2 aromatic carbocycles. The van der Waals surface area contributed by atoms with Gasteiger partial charge in [0.1, 0.15) is 5.75 Å². The normalized spacial score (nSPS) is 10.4. The molecule has 1 N–H and O–H groups in total. The van der Waals surface area contributed by atoms with Gasteiger partial charge in [-0.05, 0) is 49.7 Å². The zero-order valence-electron chi connectivity index (χ0n) is 16.1. The van der Waals surface area contributed by atoms with Crippen LogP contribution >= 0.6 is 0 Å². The highest BCUT2D eigenvalue weighted by molar-refractivity contribution is 6.04. The summed E-state index contributed by atoms with van der Waals surface area (Å²) in [5.74, 6) is 0.808. The van der Waals surface area contributed by atoms with Crippen molar-refractivity contribution in [3.8, 4) is 11.6 Å². The van der Waals surface area contributed by atoms with Crippen LogP contribution in [0.5, 0.6) is 11.6 Å². The van der Waals surface area contributed by atoms with Crippen molar-refractivity contribution < 1.29 is 9.53 Å². The van der Waals surface area contributed by atoms with Crippen molar-refractivity contribution in [2.45, 2.75) is 20.3 Å². The Labute approximate surface area is 165 Å². The first kappa shape index (κ1) is 19.4. The molecule has 1 heterocycles. The zero-order chi connectivity index (χ0) is 19.8. The third-order valence-corrected chi connectivity index (χ3v) is 4.22. The molecule has 0 aliphatic rings. The minimum absolute atomic E-state index is 0.165. The molecule has 0 aliphatic heterocycles. The van der Waals surface area contributed by atoms with Gasteiger partial charge in [0.05, 0.1) is 6.20 Å². The summed E-state index contributed by atoms with van der Waals surface area (Å²) in [4.78, 5) is 22.9. The Morgan fingerprint density at radius 2 is 1.93 bits per heavy atom. The summed E-state index contributed by atoms with van der Waals surface area (Å²) in [6, 6.07) is 14.9. The Balaban J connectivity index is 1.66. The van der Waals surface area contributed by atoms with Crippen LogP contribution in [0.1, 0.15) is 30.6 Å². The second kappa shape index (κ2) is 9.50. The van der Waals surface area contributed by atoms with Crippen molar-refractivity contribution in [1.82, 2.24) is 9.97 Å². The summed E-state index contributed by atoms with van der Waals surface area (Å²) < 4.78 is 5.65. The second-order valence-corrected chi connectivity index (χ2v) is 6.25. The van der Waals surface area contributed by atoms with Crippen LogP contribution in [0.15, 0.2) is 67.1 Å². The number of nitrogens with one attached hydrogen (secondary N) is 1. The molecule has 3 rings (SSSR count). The Kier molecular flexibility index (Phi) is 6.57. The van der Waals surface area contributed by atoms with E-state index in [2.05, 4.69) is 34.0 Å². The van der Waals surface area contributed by atoms with E-state index >= 15 is 0 Å².